The maximum absolute atomic E-state index is 12.8. The van der Waals surface area contributed by atoms with Crippen molar-refractivity contribution in [1.82, 2.24) is 13.9 Å². The first kappa shape index (κ1) is 18.1. The van der Waals surface area contributed by atoms with E-state index in [0.29, 0.717) is 23.9 Å². The average molecular weight is 362 g/mol. The van der Waals surface area contributed by atoms with Gasteiger partial charge < -0.3 is 4.57 Å². The van der Waals surface area contributed by atoms with Crippen LogP contribution in [-0.2, 0) is 23.0 Å². The van der Waals surface area contributed by atoms with Gasteiger partial charge in [-0.2, -0.15) is 4.31 Å². The van der Waals surface area contributed by atoms with E-state index < -0.39 is 10.0 Å². The van der Waals surface area contributed by atoms with E-state index in [9.17, 15) is 8.42 Å². The van der Waals surface area contributed by atoms with E-state index in [1.54, 1.807) is 16.4 Å². The second-order valence-electron chi connectivity index (χ2n) is 6.87. The van der Waals surface area contributed by atoms with E-state index in [0.717, 1.165) is 38.1 Å². The van der Waals surface area contributed by atoms with Crippen LogP contribution < -0.4 is 0 Å². The van der Waals surface area contributed by atoms with Crippen LogP contribution in [0.1, 0.15) is 37.6 Å². The van der Waals surface area contributed by atoms with E-state index in [1.807, 2.05) is 31.5 Å². The van der Waals surface area contributed by atoms with Gasteiger partial charge in [0.25, 0.3) is 0 Å². The summed E-state index contributed by atoms with van der Waals surface area (Å²) in [4.78, 5) is 4.67. The van der Waals surface area contributed by atoms with Crippen molar-refractivity contribution in [2.45, 2.75) is 51.0 Å². The zero-order chi connectivity index (χ0) is 17.9. The predicted octanol–water partition coefficient (Wildman–Crippen LogP) is 3.24. The van der Waals surface area contributed by atoms with E-state index in [-0.39, 0.29) is 0 Å². The normalized spacial score (nSPS) is 17.0. The van der Waals surface area contributed by atoms with Crippen molar-refractivity contribution < 1.29 is 8.42 Å². The summed E-state index contributed by atoms with van der Waals surface area (Å²) in [6, 6.07) is 7.37. The SMILES string of the molecule is CCCc1ccc(S(=O)(=O)N2CCC(Cn3ccnc3C)CC2)cc1. The molecular weight excluding hydrogens is 334 g/mol. The highest BCUT2D eigenvalue weighted by Gasteiger charge is 2.29. The molecule has 0 radical (unpaired) electrons. The molecule has 1 saturated heterocycles. The molecule has 2 heterocycles. The number of benzene rings is 1. The van der Waals surface area contributed by atoms with Crippen molar-refractivity contribution in [3.8, 4) is 0 Å². The molecule has 0 amide bonds. The summed E-state index contributed by atoms with van der Waals surface area (Å²) in [7, 11) is -3.37. The zero-order valence-corrected chi connectivity index (χ0v) is 15.9. The van der Waals surface area contributed by atoms with E-state index in [4.69, 9.17) is 0 Å². The Kier molecular flexibility index (Phi) is 5.59. The highest BCUT2D eigenvalue weighted by atomic mass is 32.2. The monoisotopic (exact) mass is 361 g/mol. The molecule has 1 aromatic heterocycles. The lowest BCUT2D eigenvalue weighted by Crippen LogP contribution is -2.39. The molecule has 1 aliphatic heterocycles. The van der Waals surface area contributed by atoms with E-state index >= 15 is 0 Å². The first-order valence-electron chi connectivity index (χ1n) is 9.07. The Labute approximate surface area is 150 Å². The largest absolute Gasteiger partial charge is 0.335 e. The zero-order valence-electron chi connectivity index (χ0n) is 15.1. The molecule has 5 nitrogen and oxygen atoms in total. The Bertz CT molecular complexity index is 788. The summed E-state index contributed by atoms with van der Waals surface area (Å²) in [5.41, 5.74) is 1.19. The van der Waals surface area contributed by atoms with Gasteiger partial charge in [-0.25, -0.2) is 13.4 Å². The maximum atomic E-state index is 12.8. The van der Waals surface area contributed by atoms with E-state index in [2.05, 4.69) is 16.5 Å². The molecule has 6 heteroatoms. The third-order valence-corrected chi connectivity index (χ3v) is 6.96. The number of piperidine rings is 1. The predicted molar refractivity (Wildman–Crippen MR) is 98.9 cm³/mol. The molecule has 1 aromatic carbocycles. The lowest BCUT2D eigenvalue weighted by atomic mass is 9.98. The fourth-order valence-electron chi connectivity index (χ4n) is 3.47. The van der Waals surface area contributed by atoms with Crippen molar-refractivity contribution >= 4 is 10.0 Å². The van der Waals surface area contributed by atoms with Crippen molar-refractivity contribution in [2.75, 3.05) is 13.1 Å². The molecule has 0 unspecified atom stereocenters. The van der Waals surface area contributed by atoms with Gasteiger partial charge in [-0.15, -0.1) is 0 Å². The molecule has 0 N–H and O–H groups in total. The van der Waals surface area contributed by atoms with Gasteiger partial charge in [-0.05, 0) is 49.8 Å². The van der Waals surface area contributed by atoms with Crippen molar-refractivity contribution in [3.63, 3.8) is 0 Å². The molecule has 25 heavy (non-hydrogen) atoms. The van der Waals surface area contributed by atoms with Crippen LogP contribution in [0.3, 0.4) is 0 Å². The van der Waals surface area contributed by atoms with Gasteiger partial charge in [0.1, 0.15) is 5.82 Å². The van der Waals surface area contributed by atoms with Crippen LogP contribution in [0.2, 0.25) is 0 Å². The van der Waals surface area contributed by atoms with Crippen LogP contribution >= 0.6 is 0 Å². The van der Waals surface area contributed by atoms with Gasteiger partial charge in [0.05, 0.1) is 4.90 Å². The number of rotatable bonds is 6. The lowest BCUT2D eigenvalue weighted by molar-refractivity contribution is 0.252. The highest BCUT2D eigenvalue weighted by Crippen LogP contribution is 2.25. The fraction of sp³-hybridized carbons (Fsp3) is 0.526. The maximum Gasteiger partial charge on any atom is 0.243 e. The number of aryl methyl sites for hydroxylation is 2. The third kappa shape index (κ3) is 4.12. The van der Waals surface area contributed by atoms with Gasteiger partial charge in [-0.1, -0.05) is 25.5 Å². The Morgan fingerprint density at radius 3 is 2.40 bits per heavy atom. The van der Waals surface area contributed by atoms with E-state index in [1.165, 1.54) is 5.56 Å². The minimum Gasteiger partial charge on any atom is -0.335 e. The summed E-state index contributed by atoms with van der Waals surface area (Å²) < 4.78 is 29.5. The van der Waals surface area contributed by atoms with Crippen molar-refractivity contribution in [3.05, 3.63) is 48.0 Å². The molecule has 0 saturated carbocycles. The quantitative estimate of drug-likeness (QED) is 0.794. The van der Waals surface area contributed by atoms with Crippen LogP contribution in [0.15, 0.2) is 41.6 Å². The molecule has 0 atom stereocenters. The summed E-state index contributed by atoms with van der Waals surface area (Å²) in [6.45, 7) is 6.24. The van der Waals surface area contributed by atoms with Gasteiger partial charge in [-0.3, -0.25) is 0 Å². The number of aromatic nitrogens is 2. The van der Waals surface area contributed by atoms with Crippen molar-refractivity contribution in [2.24, 2.45) is 5.92 Å². The topological polar surface area (TPSA) is 55.2 Å². The average Bonchev–Trinajstić information content (AvgIpc) is 3.01. The molecule has 1 fully saturated rings. The first-order valence-corrected chi connectivity index (χ1v) is 10.5. The van der Waals surface area contributed by atoms with Crippen molar-refractivity contribution in [1.29, 1.82) is 0 Å². The number of hydrogen-bond acceptors (Lipinski definition) is 3. The molecular formula is C19H27N3O2S. The Hall–Kier alpha value is -1.66. The third-order valence-electron chi connectivity index (χ3n) is 5.05. The second-order valence-corrected chi connectivity index (χ2v) is 8.81. The van der Waals surface area contributed by atoms with Gasteiger partial charge in [0.2, 0.25) is 10.0 Å². The number of nitrogens with zero attached hydrogens (tertiary/aromatic N) is 3. The lowest BCUT2D eigenvalue weighted by Gasteiger charge is -2.31. The minimum atomic E-state index is -3.37. The molecule has 2 aromatic rings. The number of hydrogen-bond donors (Lipinski definition) is 0. The summed E-state index contributed by atoms with van der Waals surface area (Å²) in [5.74, 6) is 1.52. The van der Waals surface area contributed by atoms with Gasteiger partial charge in [0.15, 0.2) is 0 Å². The molecule has 1 aliphatic rings. The molecule has 0 bridgehead atoms. The van der Waals surface area contributed by atoms with Crippen LogP contribution in [0.5, 0.6) is 0 Å². The number of imidazole rings is 1. The smallest absolute Gasteiger partial charge is 0.243 e. The van der Waals surface area contributed by atoms with Crippen LogP contribution in [-0.4, -0.2) is 35.4 Å². The fourth-order valence-corrected chi connectivity index (χ4v) is 4.94. The molecule has 136 valence electrons. The second kappa shape index (κ2) is 7.70. The highest BCUT2D eigenvalue weighted by molar-refractivity contribution is 7.89. The number of sulfonamides is 1. The standard InChI is InChI=1S/C19H27N3O2S/c1-3-4-17-5-7-19(8-6-17)25(23,24)22-12-9-18(10-13-22)15-21-14-11-20-16(21)2/h5-8,11,14,18H,3-4,9-10,12-13,15H2,1-2H3. The Morgan fingerprint density at radius 2 is 1.84 bits per heavy atom. The molecule has 0 aliphatic carbocycles. The van der Waals surface area contributed by atoms with Crippen LogP contribution in [0, 0.1) is 12.8 Å². The molecule has 3 rings (SSSR count). The summed E-state index contributed by atoms with van der Waals surface area (Å²) in [5, 5.41) is 0. The van der Waals surface area contributed by atoms with Gasteiger partial charge in [0, 0.05) is 32.0 Å². The molecule has 0 spiro atoms. The summed E-state index contributed by atoms with van der Waals surface area (Å²) in [6.07, 6.45) is 7.65. The Morgan fingerprint density at radius 1 is 1.16 bits per heavy atom. The first-order chi connectivity index (χ1) is 12.0. The summed E-state index contributed by atoms with van der Waals surface area (Å²) >= 11 is 0. The minimum absolute atomic E-state index is 0.413. The van der Waals surface area contributed by atoms with Crippen LogP contribution in [0.25, 0.3) is 0 Å². The Balaban J connectivity index is 1.62. The van der Waals surface area contributed by atoms with Gasteiger partial charge >= 0.3 is 0 Å². The van der Waals surface area contributed by atoms with Crippen LogP contribution in [0.4, 0.5) is 0 Å².